The van der Waals surface area contributed by atoms with Gasteiger partial charge in [0.25, 0.3) is 0 Å². The Labute approximate surface area is 143 Å². The lowest BCUT2D eigenvalue weighted by molar-refractivity contribution is 0.584. The zero-order chi connectivity index (χ0) is 16.7. The van der Waals surface area contributed by atoms with E-state index < -0.39 is 9.84 Å². The van der Waals surface area contributed by atoms with Gasteiger partial charge in [-0.05, 0) is 36.9 Å². The Morgan fingerprint density at radius 3 is 2.88 bits per heavy atom. The molecule has 126 valence electrons. The van der Waals surface area contributed by atoms with Crippen molar-refractivity contribution in [2.45, 2.75) is 18.6 Å². The number of thiophene rings is 1. The van der Waals surface area contributed by atoms with Crippen LogP contribution in [-0.4, -0.2) is 52.3 Å². The first-order chi connectivity index (χ1) is 11.5. The van der Waals surface area contributed by atoms with Crippen LogP contribution in [0.15, 0.2) is 29.0 Å². The summed E-state index contributed by atoms with van der Waals surface area (Å²) in [6.07, 6.45) is 0.613. The molecule has 0 aromatic carbocycles. The first-order valence-electron chi connectivity index (χ1n) is 7.76. The molecule has 0 radical (unpaired) electrons. The lowest BCUT2D eigenvalue weighted by Gasteiger charge is -2.20. The highest BCUT2D eigenvalue weighted by Crippen LogP contribution is 2.23. The summed E-state index contributed by atoms with van der Waals surface area (Å²) in [7, 11) is -3.01. The van der Waals surface area contributed by atoms with E-state index in [4.69, 9.17) is 0 Å². The summed E-state index contributed by atoms with van der Waals surface area (Å²) in [5, 5.41) is 16.7. The molecule has 0 saturated carbocycles. The second-order valence-electron chi connectivity index (χ2n) is 5.95. The molecule has 1 atom stereocenters. The van der Waals surface area contributed by atoms with Gasteiger partial charge in [0.2, 0.25) is 0 Å². The second kappa shape index (κ2) is 5.82. The molecule has 0 bridgehead atoms. The smallest absolute Gasteiger partial charge is 0.186 e. The topological polar surface area (TPSA) is 80.5 Å². The van der Waals surface area contributed by atoms with Crippen molar-refractivity contribution in [2.24, 2.45) is 0 Å². The number of aromatic nitrogens is 4. The number of nitrogens with zero attached hydrogens (tertiary/aromatic N) is 5. The largest absolute Gasteiger partial charge is 0.354 e. The average molecular weight is 363 g/mol. The van der Waals surface area contributed by atoms with Crippen molar-refractivity contribution in [3.63, 3.8) is 0 Å². The Balaban J connectivity index is 1.71. The van der Waals surface area contributed by atoms with E-state index in [-0.39, 0.29) is 11.0 Å². The molecule has 1 aliphatic rings. The van der Waals surface area contributed by atoms with E-state index in [1.54, 1.807) is 22.8 Å². The number of sulfone groups is 1. The minimum Gasteiger partial charge on any atom is -0.354 e. The molecular weight excluding hydrogens is 346 g/mol. The highest BCUT2D eigenvalue weighted by molar-refractivity contribution is 7.92. The molecule has 24 heavy (non-hydrogen) atoms. The molecule has 9 heteroatoms. The Hall–Kier alpha value is -2.00. The van der Waals surface area contributed by atoms with Crippen LogP contribution < -0.4 is 4.90 Å². The second-order valence-corrected chi connectivity index (χ2v) is 9.27. The maximum absolute atomic E-state index is 12.1. The van der Waals surface area contributed by atoms with Crippen LogP contribution in [0.25, 0.3) is 17.0 Å². The third-order valence-electron chi connectivity index (χ3n) is 4.42. The van der Waals surface area contributed by atoms with Crippen LogP contribution in [0.2, 0.25) is 0 Å². The van der Waals surface area contributed by atoms with Gasteiger partial charge >= 0.3 is 0 Å². The van der Waals surface area contributed by atoms with Gasteiger partial charge in [0, 0.05) is 24.0 Å². The predicted molar refractivity (Wildman–Crippen MR) is 94.2 cm³/mol. The summed E-state index contributed by atoms with van der Waals surface area (Å²) in [6.45, 7) is 2.92. The van der Waals surface area contributed by atoms with E-state index in [0.29, 0.717) is 31.0 Å². The Morgan fingerprint density at radius 1 is 1.21 bits per heavy atom. The molecule has 1 fully saturated rings. The van der Waals surface area contributed by atoms with Crippen LogP contribution in [0.5, 0.6) is 0 Å². The molecule has 1 aliphatic heterocycles. The molecule has 0 amide bonds. The van der Waals surface area contributed by atoms with E-state index in [2.05, 4.69) is 15.3 Å². The van der Waals surface area contributed by atoms with E-state index >= 15 is 0 Å². The fraction of sp³-hybridized carbons (Fsp3) is 0.400. The molecule has 7 nitrogen and oxygen atoms in total. The molecule has 3 aromatic heterocycles. The minimum absolute atomic E-state index is 0.160. The maximum atomic E-state index is 12.1. The summed E-state index contributed by atoms with van der Waals surface area (Å²) in [4.78, 5) is 2.03. The number of hydrogen-bond acceptors (Lipinski definition) is 7. The number of hydrogen-bond donors (Lipinski definition) is 0. The molecular formula is C15H17N5O2S2. The van der Waals surface area contributed by atoms with Crippen molar-refractivity contribution in [3.8, 4) is 11.4 Å². The van der Waals surface area contributed by atoms with Crippen LogP contribution in [0.1, 0.15) is 13.3 Å². The van der Waals surface area contributed by atoms with E-state index in [0.717, 1.165) is 11.4 Å². The zero-order valence-corrected chi connectivity index (χ0v) is 14.8. The molecule has 1 saturated heterocycles. The molecule has 1 unspecified atom stereocenters. The zero-order valence-electron chi connectivity index (χ0n) is 13.2. The molecule has 0 spiro atoms. The van der Waals surface area contributed by atoms with Gasteiger partial charge in [-0.25, -0.2) is 8.42 Å². The van der Waals surface area contributed by atoms with E-state index in [9.17, 15) is 8.42 Å². The van der Waals surface area contributed by atoms with Crippen LogP contribution in [0.4, 0.5) is 5.82 Å². The molecule has 0 N–H and O–H groups in total. The summed E-state index contributed by atoms with van der Waals surface area (Å²) < 4.78 is 25.9. The predicted octanol–water partition coefficient (Wildman–Crippen LogP) is 1.87. The number of rotatable bonds is 2. The van der Waals surface area contributed by atoms with Crippen LogP contribution in [0, 0.1) is 0 Å². The van der Waals surface area contributed by atoms with Gasteiger partial charge < -0.3 is 4.90 Å². The van der Waals surface area contributed by atoms with Crippen molar-refractivity contribution < 1.29 is 8.42 Å². The Morgan fingerprint density at radius 2 is 2.08 bits per heavy atom. The fourth-order valence-corrected chi connectivity index (χ4v) is 4.79. The lowest BCUT2D eigenvalue weighted by atomic mass is 10.3. The van der Waals surface area contributed by atoms with Crippen molar-refractivity contribution in [3.05, 3.63) is 29.0 Å². The Bertz CT molecular complexity index is 965. The van der Waals surface area contributed by atoms with Crippen molar-refractivity contribution >= 4 is 32.6 Å². The first kappa shape index (κ1) is 15.5. The average Bonchev–Trinajstić information content (AvgIpc) is 3.20. The summed E-state index contributed by atoms with van der Waals surface area (Å²) in [5.41, 5.74) is 1.65. The highest BCUT2D eigenvalue weighted by atomic mass is 32.2. The summed E-state index contributed by atoms with van der Waals surface area (Å²) in [6, 6.07) is 5.73. The normalized spacial score (nSPS) is 21.0. The lowest BCUT2D eigenvalue weighted by Crippen LogP contribution is -2.28. The quantitative estimate of drug-likeness (QED) is 0.691. The molecule has 4 heterocycles. The molecule has 3 aromatic rings. The van der Waals surface area contributed by atoms with Gasteiger partial charge in [0.15, 0.2) is 21.3 Å². The summed E-state index contributed by atoms with van der Waals surface area (Å²) in [5.74, 6) is 1.61. The van der Waals surface area contributed by atoms with Crippen LogP contribution >= 0.6 is 11.3 Å². The van der Waals surface area contributed by atoms with Gasteiger partial charge in [-0.1, -0.05) is 0 Å². The van der Waals surface area contributed by atoms with Crippen molar-refractivity contribution in [1.29, 1.82) is 0 Å². The fourth-order valence-electron chi connectivity index (χ4n) is 2.82. The number of fused-ring (bicyclic) bond motifs is 1. The minimum atomic E-state index is -3.01. The van der Waals surface area contributed by atoms with Gasteiger partial charge in [0.05, 0.1) is 11.0 Å². The van der Waals surface area contributed by atoms with Crippen LogP contribution in [-0.2, 0) is 9.84 Å². The van der Waals surface area contributed by atoms with Crippen molar-refractivity contribution in [1.82, 2.24) is 19.8 Å². The number of anilines is 1. The third kappa shape index (κ3) is 2.67. The highest BCUT2D eigenvalue weighted by Gasteiger charge is 2.27. The summed E-state index contributed by atoms with van der Waals surface area (Å²) >= 11 is 1.60. The SMILES string of the molecule is CC1CCN(c2ccc3nnc(-c4ccsc4)n3n2)CCS1(=O)=O. The van der Waals surface area contributed by atoms with E-state index in [1.165, 1.54) is 0 Å². The standard InChI is InChI=1S/C15H17N5O2S2/c1-11-4-6-19(7-9-24(11,21)22)14-3-2-13-16-17-15(20(13)18-14)12-5-8-23-10-12/h2-3,5,8,10-11H,4,6-7,9H2,1H3. The van der Waals surface area contributed by atoms with Gasteiger partial charge in [0.1, 0.15) is 5.82 Å². The molecule has 4 rings (SSSR count). The Kier molecular flexibility index (Phi) is 3.76. The van der Waals surface area contributed by atoms with Gasteiger partial charge in [-0.15, -0.1) is 15.3 Å². The third-order valence-corrected chi connectivity index (χ3v) is 7.31. The maximum Gasteiger partial charge on any atom is 0.186 e. The van der Waals surface area contributed by atoms with Crippen molar-refractivity contribution in [2.75, 3.05) is 23.7 Å². The van der Waals surface area contributed by atoms with Crippen LogP contribution in [0.3, 0.4) is 0 Å². The van der Waals surface area contributed by atoms with E-state index in [1.807, 2.05) is 33.9 Å². The van der Waals surface area contributed by atoms with Gasteiger partial charge in [-0.3, -0.25) is 0 Å². The molecule has 0 aliphatic carbocycles. The first-order valence-corrected chi connectivity index (χ1v) is 10.4. The van der Waals surface area contributed by atoms with Gasteiger partial charge in [-0.2, -0.15) is 15.9 Å². The monoisotopic (exact) mass is 363 g/mol.